The Morgan fingerprint density at radius 3 is 1.64 bits per heavy atom. The Labute approximate surface area is 129 Å². The monoisotopic (exact) mass is 285 g/mol. The first-order valence-corrected chi connectivity index (χ1v) is 7.29. The van der Waals surface area contributed by atoms with Crippen molar-refractivity contribution in [3.8, 4) is 16.9 Å². The Hall–Kier alpha value is -2.87. The maximum Gasteiger partial charge on any atom is 0.119 e. The maximum atomic E-state index is 5.20. The van der Waals surface area contributed by atoms with E-state index in [1.54, 1.807) is 7.11 Å². The van der Waals surface area contributed by atoms with Crippen molar-refractivity contribution in [2.45, 2.75) is 0 Å². The van der Waals surface area contributed by atoms with E-state index in [2.05, 4.69) is 48.5 Å². The molecule has 3 aromatic rings. The lowest BCUT2D eigenvalue weighted by molar-refractivity contribution is 0.415. The van der Waals surface area contributed by atoms with Crippen molar-refractivity contribution >= 4 is 11.4 Å². The lowest BCUT2D eigenvalue weighted by atomic mass is 10.1. The van der Waals surface area contributed by atoms with Gasteiger partial charge in [-0.05, 0) is 35.4 Å². The van der Waals surface area contributed by atoms with Crippen molar-refractivity contribution in [1.82, 2.24) is 0 Å². The van der Waals surface area contributed by atoms with E-state index >= 15 is 0 Å². The van der Waals surface area contributed by atoms with E-state index in [9.17, 15) is 0 Å². The molecule has 0 aromatic heterocycles. The summed E-state index contributed by atoms with van der Waals surface area (Å²) in [7, 11) is 1.67. The molecule has 2 heteroatoms. The number of ether oxygens (including phenoxy) is 1. The van der Waals surface area contributed by atoms with Crippen LogP contribution in [0, 0.1) is 0 Å². The molecule has 0 saturated carbocycles. The smallest absolute Gasteiger partial charge is 0.119 e. The van der Waals surface area contributed by atoms with Crippen LogP contribution in [-0.4, -0.2) is 12.8 Å². The summed E-state index contributed by atoms with van der Waals surface area (Å²) >= 11 is 0. The molecule has 0 amide bonds. The lowest BCUT2D eigenvalue weighted by Crippen LogP contribution is -1.97. The Bertz CT molecular complexity index is 815. The Morgan fingerprint density at radius 1 is 0.636 bits per heavy atom. The zero-order chi connectivity index (χ0) is 14.9. The van der Waals surface area contributed by atoms with E-state index in [4.69, 9.17) is 9.73 Å². The van der Waals surface area contributed by atoms with Crippen molar-refractivity contribution in [3.63, 3.8) is 0 Å². The van der Waals surface area contributed by atoms with Gasteiger partial charge in [-0.15, -0.1) is 0 Å². The summed E-state index contributed by atoms with van der Waals surface area (Å²) in [5.74, 6) is 0.844. The quantitative estimate of drug-likeness (QED) is 0.516. The molecule has 0 fully saturated rings. The molecule has 22 heavy (non-hydrogen) atoms. The first-order chi connectivity index (χ1) is 10.9. The van der Waals surface area contributed by atoms with Crippen LogP contribution in [0.3, 0.4) is 0 Å². The number of methoxy groups -OCH3 is 1. The van der Waals surface area contributed by atoms with E-state index in [1.165, 1.54) is 22.3 Å². The minimum Gasteiger partial charge on any atom is -0.497 e. The minimum atomic E-state index is 0.844. The van der Waals surface area contributed by atoms with Crippen molar-refractivity contribution < 1.29 is 4.74 Å². The zero-order valence-electron chi connectivity index (χ0n) is 12.3. The molecule has 0 atom stereocenters. The van der Waals surface area contributed by atoms with Crippen molar-refractivity contribution in [3.05, 3.63) is 83.9 Å². The van der Waals surface area contributed by atoms with Gasteiger partial charge in [0.1, 0.15) is 5.75 Å². The molecule has 0 bridgehead atoms. The first-order valence-electron chi connectivity index (χ1n) is 7.29. The number of aliphatic imine (C=N–C) groups is 1. The zero-order valence-corrected chi connectivity index (χ0v) is 12.3. The lowest BCUT2D eigenvalue weighted by Gasteiger charge is -2.03. The maximum absolute atomic E-state index is 5.20. The van der Waals surface area contributed by atoms with Gasteiger partial charge in [0.15, 0.2) is 0 Å². The summed E-state index contributed by atoms with van der Waals surface area (Å²) in [6.45, 7) is 0. The second-order valence-corrected chi connectivity index (χ2v) is 5.25. The first kappa shape index (κ1) is 12.8. The average Bonchev–Trinajstić information content (AvgIpc) is 2.90. The molecule has 0 N–H and O–H groups in total. The van der Waals surface area contributed by atoms with Gasteiger partial charge in [0.2, 0.25) is 0 Å². The third kappa shape index (κ3) is 2.01. The number of rotatable bonds is 2. The van der Waals surface area contributed by atoms with E-state index < -0.39 is 0 Å². The average molecular weight is 285 g/mol. The van der Waals surface area contributed by atoms with Gasteiger partial charge in [-0.2, -0.15) is 0 Å². The van der Waals surface area contributed by atoms with Gasteiger partial charge in [-0.25, -0.2) is 4.99 Å². The number of hydrogen-bond acceptors (Lipinski definition) is 2. The highest BCUT2D eigenvalue weighted by Crippen LogP contribution is 2.37. The van der Waals surface area contributed by atoms with Crippen molar-refractivity contribution in [2.75, 3.05) is 7.11 Å². The van der Waals surface area contributed by atoms with Crippen LogP contribution in [0.5, 0.6) is 5.75 Å². The van der Waals surface area contributed by atoms with Crippen LogP contribution in [0.2, 0.25) is 0 Å². The number of fused-ring (bicyclic) bond motifs is 3. The summed E-state index contributed by atoms with van der Waals surface area (Å²) < 4.78 is 5.20. The fourth-order valence-electron chi connectivity index (χ4n) is 2.90. The van der Waals surface area contributed by atoms with E-state index in [0.717, 1.165) is 17.1 Å². The highest BCUT2D eigenvalue weighted by atomic mass is 16.5. The van der Waals surface area contributed by atoms with Crippen LogP contribution in [0.15, 0.2) is 77.8 Å². The molecular formula is C20H15NO. The minimum absolute atomic E-state index is 0.844. The molecule has 0 saturated heterocycles. The summed E-state index contributed by atoms with van der Waals surface area (Å²) in [5, 5.41) is 0. The second kappa shape index (κ2) is 5.15. The highest BCUT2D eigenvalue weighted by Gasteiger charge is 2.23. The van der Waals surface area contributed by atoms with E-state index in [1.807, 2.05) is 24.3 Å². The van der Waals surface area contributed by atoms with Gasteiger partial charge in [-0.1, -0.05) is 48.5 Å². The van der Waals surface area contributed by atoms with Gasteiger partial charge in [0.05, 0.1) is 18.5 Å². The van der Waals surface area contributed by atoms with Gasteiger partial charge < -0.3 is 4.74 Å². The normalized spacial score (nSPS) is 11.8. The fourth-order valence-corrected chi connectivity index (χ4v) is 2.90. The Kier molecular flexibility index (Phi) is 3.01. The topological polar surface area (TPSA) is 21.6 Å². The van der Waals surface area contributed by atoms with Crippen LogP contribution in [-0.2, 0) is 0 Å². The van der Waals surface area contributed by atoms with Crippen LogP contribution in [0.4, 0.5) is 5.69 Å². The van der Waals surface area contributed by atoms with Crippen LogP contribution in [0.25, 0.3) is 11.1 Å². The summed E-state index contributed by atoms with van der Waals surface area (Å²) in [6.07, 6.45) is 0. The van der Waals surface area contributed by atoms with Gasteiger partial charge in [0.25, 0.3) is 0 Å². The number of nitrogens with zero attached hydrogens (tertiary/aromatic N) is 1. The number of hydrogen-bond donors (Lipinski definition) is 0. The molecule has 4 rings (SSSR count). The van der Waals surface area contributed by atoms with Gasteiger partial charge in [0, 0.05) is 11.1 Å². The van der Waals surface area contributed by atoms with E-state index in [-0.39, 0.29) is 0 Å². The molecule has 0 unspecified atom stereocenters. The summed E-state index contributed by atoms with van der Waals surface area (Å²) in [6, 6.07) is 24.7. The molecule has 0 aliphatic heterocycles. The predicted molar refractivity (Wildman–Crippen MR) is 90.2 cm³/mol. The van der Waals surface area contributed by atoms with Crippen LogP contribution < -0.4 is 4.74 Å². The molecule has 0 spiro atoms. The second-order valence-electron chi connectivity index (χ2n) is 5.25. The molecule has 1 aliphatic carbocycles. The van der Waals surface area contributed by atoms with E-state index in [0.29, 0.717) is 0 Å². The predicted octanol–water partition coefficient (Wildman–Crippen LogP) is 4.84. The third-order valence-electron chi connectivity index (χ3n) is 3.97. The molecular weight excluding hydrogens is 270 g/mol. The molecule has 2 nitrogen and oxygen atoms in total. The largest absolute Gasteiger partial charge is 0.497 e. The number of benzene rings is 3. The third-order valence-corrected chi connectivity index (χ3v) is 3.97. The summed E-state index contributed by atoms with van der Waals surface area (Å²) in [5.41, 5.74) is 6.87. The fraction of sp³-hybridized carbons (Fsp3) is 0.0500. The summed E-state index contributed by atoms with van der Waals surface area (Å²) in [4.78, 5) is 4.88. The van der Waals surface area contributed by atoms with Crippen LogP contribution >= 0.6 is 0 Å². The highest BCUT2D eigenvalue weighted by molar-refractivity contribution is 6.25. The van der Waals surface area contributed by atoms with Crippen molar-refractivity contribution in [1.29, 1.82) is 0 Å². The van der Waals surface area contributed by atoms with Gasteiger partial charge >= 0.3 is 0 Å². The SMILES string of the molecule is COc1ccc(N=C2c3ccccc3-c3ccccc32)cc1. The molecule has 0 radical (unpaired) electrons. The van der Waals surface area contributed by atoms with Crippen LogP contribution in [0.1, 0.15) is 11.1 Å². The Morgan fingerprint density at radius 2 is 1.14 bits per heavy atom. The van der Waals surface area contributed by atoms with Crippen molar-refractivity contribution in [2.24, 2.45) is 4.99 Å². The molecule has 1 aliphatic rings. The Balaban J connectivity index is 1.88. The molecule has 0 heterocycles. The molecule has 3 aromatic carbocycles. The standard InChI is InChI=1S/C20H15NO/c1-22-15-12-10-14(11-13-15)21-20-18-8-4-2-6-16(18)17-7-3-5-9-19(17)20/h2-13H,1H3. The molecule has 106 valence electrons. The van der Waals surface area contributed by atoms with Gasteiger partial charge in [-0.3, -0.25) is 0 Å².